The molecule has 0 aromatic heterocycles. The Kier molecular flexibility index (Phi) is 10.7. The van der Waals surface area contributed by atoms with Crippen molar-refractivity contribution >= 4 is 11.8 Å². The molecular formula is C14H30OS. The van der Waals surface area contributed by atoms with Gasteiger partial charge in [0.05, 0.1) is 6.10 Å². The minimum atomic E-state index is -0.0965. The zero-order chi connectivity index (χ0) is 12.4. The minimum Gasteiger partial charge on any atom is -0.392 e. The zero-order valence-corrected chi connectivity index (χ0v) is 12.4. The van der Waals surface area contributed by atoms with Gasteiger partial charge in [-0.15, -0.1) is 0 Å². The first-order valence-electron chi connectivity index (χ1n) is 6.93. The van der Waals surface area contributed by atoms with Crippen molar-refractivity contribution in [2.45, 2.75) is 77.6 Å². The molecule has 0 aliphatic carbocycles. The molecule has 0 saturated heterocycles. The maximum atomic E-state index is 9.97. The molecule has 0 radical (unpaired) electrons. The van der Waals surface area contributed by atoms with Gasteiger partial charge in [-0.05, 0) is 18.8 Å². The van der Waals surface area contributed by atoms with Crippen LogP contribution in [0.15, 0.2) is 0 Å². The van der Waals surface area contributed by atoms with E-state index in [4.69, 9.17) is 0 Å². The van der Waals surface area contributed by atoms with Gasteiger partial charge in [-0.25, -0.2) is 0 Å². The molecule has 0 spiro atoms. The van der Waals surface area contributed by atoms with E-state index in [1.165, 1.54) is 32.1 Å². The first-order chi connectivity index (χ1) is 7.63. The third kappa shape index (κ3) is 8.46. The molecule has 0 fully saturated rings. The Bertz CT molecular complexity index is 150. The standard InChI is InChI=1S/C14H30OS/c1-5-8-9-13(7-3)10-14(15)11-16-12(4)6-2/h12-15H,5-11H2,1-4H3. The fourth-order valence-corrected chi connectivity index (χ4v) is 2.75. The van der Waals surface area contributed by atoms with Gasteiger partial charge in [0.25, 0.3) is 0 Å². The van der Waals surface area contributed by atoms with E-state index in [9.17, 15) is 5.11 Å². The number of hydrogen-bond donors (Lipinski definition) is 1. The van der Waals surface area contributed by atoms with Crippen LogP contribution in [0.2, 0.25) is 0 Å². The zero-order valence-electron chi connectivity index (χ0n) is 11.5. The fraction of sp³-hybridized carbons (Fsp3) is 1.00. The Labute approximate surface area is 106 Å². The van der Waals surface area contributed by atoms with Gasteiger partial charge in [0.2, 0.25) is 0 Å². The van der Waals surface area contributed by atoms with E-state index < -0.39 is 0 Å². The van der Waals surface area contributed by atoms with Crippen molar-refractivity contribution in [1.29, 1.82) is 0 Å². The average Bonchev–Trinajstić information content (AvgIpc) is 2.31. The molecule has 0 rings (SSSR count). The third-order valence-corrected chi connectivity index (χ3v) is 4.78. The molecule has 0 saturated carbocycles. The fourth-order valence-electron chi connectivity index (χ4n) is 1.83. The Balaban J connectivity index is 3.68. The normalized spacial score (nSPS) is 17.1. The number of rotatable bonds is 10. The summed E-state index contributed by atoms with van der Waals surface area (Å²) < 4.78 is 0. The van der Waals surface area contributed by atoms with Crippen LogP contribution in [-0.4, -0.2) is 22.2 Å². The van der Waals surface area contributed by atoms with Crippen LogP contribution in [-0.2, 0) is 0 Å². The van der Waals surface area contributed by atoms with Crippen LogP contribution < -0.4 is 0 Å². The number of aliphatic hydroxyl groups excluding tert-OH is 1. The smallest absolute Gasteiger partial charge is 0.0633 e. The summed E-state index contributed by atoms with van der Waals surface area (Å²) in [7, 11) is 0. The average molecular weight is 246 g/mol. The highest BCUT2D eigenvalue weighted by molar-refractivity contribution is 7.99. The van der Waals surface area contributed by atoms with Crippen molar-refractivity contribution in [3.05, 3.63) is 0 Å². The summed E-state index contributed by atoms with van der Waals surface area (Å²) in [4.78, 5) is 0. The summed E-state index contributed by atoms with van der Waals surface area (Å²) in [6.45, 7) is 8.93. The summed E-state index contributed by atoms with van der Waals surface area (Å²) in [6, 6.07) is 0. The molecule has 3 atom stereocenters. The van der Waals surface area contributed by atoms with Gasteiger partial charge in [-0.1, -0.05) is 53.4 Å². The molecule has 0 aromatic rings. The lowest BCUT2D eigenvalue weighted by Gasteiger charge is -2.19. The summed E-state index contributed by atoms with van der Waals surface area (Å²) in [5.41, 5.74) is 0. The van der Waals surface area contributed by atoms with Crippen LogP contribution in [0.25, 0.3) is 0 Å². The Morgan fingerprint density at radius 3 is 2.31 bits per heavy atom. The van der Waals surface area contributed by atoms with Crippen LogP contribution in [0.1, 0.15) is 66.2 Å². The SMILES string of the molecule is CCCCC(CC)CC(O)CSC(C)CC. The summed E-state index contributed by atoms with van der Waals surface area (Å²) >= 11 is 1.91. The van der Waals surface area contributed by atoms with Crippen LogP contribution in [0, 0.1) is 5.92 Å². The van der Waals surface area contributed by atoms with Gasteiger partial charge in [0, 0.05) is 11.0 Å². The maximum absolute atomic E-state index is 9.97. The molecule has 1 nitrogen and oxygen atoms in total. The molecule has 0 bridgehead atoms. The van der Waals surface area contributed by atoms with Gasteiger partial charge in [-0.3, -0.25) is 0 Å². The largest absolute Gasteiger partial charge is 0.392 e. The van der Waals surface area contributed by atoms with E-state index in [2.05, 4.69) is 27.7 Å². The van der Waals surface area contributed by atoms with E-state index in [0.29, 0.717) is 5.25 Å². The lowest BCUT2D eigenvalue weighted by atomic mass is 9.94. The molecule has 16 heavy (non-hydrogen) atoms. The van der Waals surface area contributed by atoms with Crippen LogP contribution in [0.5, 0.6) is 0 Å². The highest BCUT2D eigenvalue weighted by atomic mass is 32.2. The molecule has 0 aromatic carbocycles. The van der Waals surface area contributed by atoms with Gasteiger partial charge in [-0.2, -0.15) is 11.8 Å². The Hall–Kier alpha value is 0.310. The van der Waals surface area contributed by atoms with Crippen molar-refractivity contribution in [3.63, 3.8) is 0 Å². The molecule has 0 aliphatic heterocycles. The second-order valence-corrected chi connectivity index (χ2v) is 6.33. The maximum Gasteiger partial charge on any atom is 0.0633 e. The van der Waals surface area contributed by atoms with E-state index >= 15 is 0 Å². The van der Waals surface area contributed by atoms with E-state index in [0.717, 1.165) is 18.1 Å². The van der Waals surface area contributed by atoms with Crippen LogP contribution >= 0.6 is 11.8 Å². The highest BCUT2D eigenvalue weighted by Crippen LogP contribution is 2.22. The minimum absolute atomic E-state index is 0.0965. The van der Waals surface area contributed by atoms with Crippen molar-refractivity contribution < 1.29 is 5.11 Å². The molecule has 2 heteroatoms. The van der Waals surface area contributed by atoms with Gasteiger partial charge >= 0.3 is 0 Å². The summed E-state index contributed by atoms with van der Waals surface area (Å²) in [5, 5.41) is 10.7. The number of aliphatic hydroxyl groups is 1. The van der Waals surface area contributed by atoms with Gasteiger partial charge in [0.15, 0.2) is 0 Å². The molecule has 98 valence electrons. The molecule has 3 unspecified atom stereocenters. The van der Waals surface area contributed by atoms with Crippen molar-refractivity contribution in [2.75, 3.05) is 5.75 Å². The molecular weight excluding hydrogens is 216 g/mol. The first-order valence-corrected chi connectivity index (χ1v) is 7.98. The highest BCUT2D eigenvalue weighted by Gasteiger charge is 2.13. The van der Waals surface area contributed by atoms with E-state index in [1.807, 2.05) is 11.8 Å². The van der Waals surface area contributed by atoms with Gasteiger partial charge < -0.3 is 5.11 Å². The molecule has 0 heterocycles. The van der Waals surface area contributed by atoms with Crippen molar-refractivity contribution in [2.24, 2.45) is 5.92 Å². The molecule has 0 aliphatic rings. The number of unbranched alkanes of at least 4 members (excludes halogenated alkanes) is 1. The van der Waals surface area contributed by atoms with Gasteiger partial charge in [0.1, 0.15) is 0 Å². The summed E-state index contributed by atoms with van der Waals surface area (Å²) in [6.07, 6.45) is 7.19. The quantitative estimate of drug-likeness (QED) is 0.613. The van der Waals surface area contributed by atoms with Crippen molar-refractivity contribution in [1.82, 2.24) is 0 Å². The second kappa shape index (κ2) is 10.5. The molecule has 1 N–H and O–H groups in total. The van der Waals surface area contributed by atoms with Crippen molar-refractivity contribution in [3.8, 4) is 0 Å². The topological polar surface area (TPSA) is 20.2 Å². The predicted octanol–water partition coefficient (Wildman–Crippen LogP) is 4.49. The number of hydrogen-bond acceptors (Lipinski definition) is 2. The lowest BCUT2D eigenvalue weighted by molar-refractivity contribution is 0.159. The third-order valence-electron chi connectivity index (χ3n) is 3.30. The van der Waals surface area contributed by atoms with E-state index in [-0.39, 0.29) is 6.10 Å². The van der Waals surface area contributed by atoms with E-state index in [1.54, 1.807) is 0 Å². The second-order valence-electron chi connectivity index (χ2n) is 4.86. The Morgan fingerprint density at radius 1 is 1.12 bits per heavy atom. The summed E-state index contributed by atoms with van der Waals surface area (Å²) in [5.74, 6) is 1.64. The molecule has 0 amide bonds. The van der Waals surface area contributed by atoms with Crippen LogP contribution in [0.3, 0.4) is 0 Å². The Morgan fingerprint density at radius 2 is 1.81 bits per heavy atom. The predicted molar refractivity (Wildman–Crippen MR) is 76.1 cm³/mol. The number of thioether (sulfide) groups is 1. The monoisotopic (exact) mass is 246 g/mol. The van der Waals surface area contributed by atoms with Crippen LogP contribution in [0.4, 0.5) is 0 Å². The lowest BCUT2D eigenvalue weighted by Crippen LogP contribution is -2.17. The first kappa shape index (κ1) is 16.3.